The number of nitrogens with zero attached hydrogens (tertiary/aromatic N) is 1. The number of nitrogens with one attached hydrogen (secondary N) is 3. The monoisotopic (exact) mass is 478 g/mol. The summed E-state index contributed by atoms with van der Waals surface area (Å²) in [7, 11) is -3.96. The highest BCUT2D eigenvalue weighted by atomic mass is 32.2. The first kappa shape index (κ1) is 24.0. The van der Waals surface area contributed by atoms with Crippen molar-refractivity contribution in [3.63, 3.8) is 0 Å². The summed E-state index contributed by atoms with van der Waals surface area (Å²) >= 11 is 1.22. The number of hydrogen-bond donors (Lipinski definition) is 3. The van der Waals surface area contributed by atoms with Gasteiger partial charge in [-0.15, -0.1) is 0 Å². The van der Waals surface area contributed by atoms with Gasteiger partial charge in [-0.3, -0.25) is 14.4 Å². The zero-order chi connectivity index (χ0) is 23.3. The smallest absolute Gasteiger partial charge is 0.289 e. The van der Waals surface area contributed by atoms with Crippen molar-refractivity contribution >= 4 is 39.2 Å². The van der Waals surface area contributed by atoms with E-state index in [2.05, 4.69) is 19.7 Å². The number of ketones is 1. The van der Waals surface area contributed by atoms with Crippen LogP contribution < -0.4 is 15.4 Å². The molecule has 0 radical (unpaired) electrons. The fourth-order valence-corrected chi connectivity index (χ4v) is 5.55. The molecule has 2 atom stereocenters. The van der Waals surface area contributed by atoms with Crippen LogP contribution in [0.15, 0.2) is 41.4 Å². The number of aromatic nitrogens is 1. The van der Waals surface area contributed by atoms with E-state index in [9.17, 15) is 22.8 Å². The quantitative estimate of drug-likeness (QED) is 0.526. The fourth-order valence-electron chi connectivity index (χ4n) is 3.37. The number of Topliss-reactive ketones (excluding diaryl/α,β-unsaturated/α-hetero) is 1. The van der Waals surface area contributed by atoms with Gasteiger partial charge < -0.3 is 10.6 Å². The van der Waals surface area contributed by atoms with E-state index in [1.165, 1.54) is 23.7 Å². The molecule has 32 heavy (non-hydrogen) atoms. The Labute approximate surface area is 191 Å². The number of amides is 2. The van der Waals surface area contributed by atoms with Crippen LogP contribution in [-0.2, 0) is 37.2 Å². The molecule has 1 aromatic carbocycles. The van der Waals surface area contributed by atoms with Gasteiger partial charge in [0.1, 0.15) is 12.1 Å². The Morgan fingerprint density at radius 3 is 2.62 bits per heavy atom. The molecule has 172 valence electrons. The van der Waals surface area contributed by atoms with Gasteiger partial charge in [0.05, 0.1) is 4.90 Å². The standard InChI is InChI=1S/C21H26N4O5S2/c1-13(2)18(25-32(29,30)15-8-4-3-5-9-15)20(27)24-16-11-17-14(12-23-31-17)7-6-10-22-21(28)19(16)26/h3-5,8-9,12-13,16,18,25H,6-7,10-11H2,1-2H3,(H,22,28)(H,24,27). The molecular formula is C21H26N4O5S2. The van der Waals surface area contributed by atoms with E-state index < -0.39 is 45.6 Å². The molecule has 1 aromatic heterocycles. The normalized spacial score (nSPS) is 18.5. The molecule has 0 fully saturated rings. The third-order valence-electron chi connectivity index (χ3n) is 5.17. The molecule has 3 rings (SSSR count). The van der Waals surface area contributed by atoms with Crippen molar-refractivity contribution in [3.05, 3.63) is 47.0 Å². The predicted octanol–water partition coefficient (Wildman–Crippen LogP) is 0.805. The first-order valence-electron chi connectivity index (χ1n) is 10.3. The lowest BCUT2D eigenvalue weighted by Crippen LogP contribution is -2.56. The van der Waals surface area contributed by atoms with E-state index in [0.29, 0.717) is 19.4 Å². The lowest BCUT2D eigenvalue weighted by Gasteiger charge is -2.25. The molecule has 2 amide bonds. The van der Waals surface area contributed by atoms with Gasteiger partial charge in [-0.1, -0.05) is 32.0 Å². The minimum Gasteiger partial charge on any atom is -0.349 e. The largest absolute Gasteiger partial charge is 0.349 e. The Kier molecular flexibility index (Phi) is 7.75. The molecule has 2 aromatic rings. The second-order valence-electron chi connectivity index (χ2n) is 7.92. The summed E-state index contributed by atoms with van der Waals surface area (Å²) in [4.78, 5) is 38.9. The Morgan fingerprint density at radius 1 is 1.22 bits per heavy atom. The molecule has 0 saturated carbocycles. The van der Waals surface area contributed by atoms with Crippen molar-refractivity contribution in [2.75, 3.05) is 6.54 Å². The van der Waals surface area contributed by atoms with Crippen LogP contribution >= 0.6 is 11.5 Å². The highest BCUT2D eigenvalue weighted by molar-refractivity contribution is 7.89. The van der Waals surface area contributed by atoms with E-state index in [-0.39, 0.29) is 11.3 Å². The number of carbonyl (C=O) groups excluding carboxylic acids is 3. The first-order valence-corrected chi connectivity index (χ1v) is 12.6. The van der Waals surface area contributed by atoms with Gasteiger partial charge >= 0.3 is 0 Å². The summed E-state index contributed by atoms with van der Waals surface area (Å²) in [5, 5.41) is 5.18. The van der Waals surface area contributed by atoms with Crippen molar-refractivity contribution in [2.45, 2.75) is 50.1 Å². The Balaban J connectivity index is 1.82. The van der Waals surface area contributed by atoms with Crippen LogP contribution in [0.3, 0.4) is 0 Å². The number of fused-ring (bicyclic) bond motifs is 1. The van der Waals surface area contributed by atoms with Gasteiger partial charge in [-0.2, -0.15) is 4.72 Å². The topological polar surface area (TPSA) is 134 Å². The van der Waals surface area contributed by atoms with Crippen molar-refractivity contribution in [2.24, 2.45) is 5.92 Å². The van der Waals surface area contributed by atoms with Crippen LogP contribution in [-0.4, -0.2) is 49.0 Å². The summed E-state index contributed by atoms with van der Waals surface area (Å²) in [6.07, 6.45) is 3.23. The Morgan fingerprint density at radius 2 is 1.94 bits per heavy atom. The van der Waals surface area contributed by atoms with Gasteiger partial charge in [0.15, 0.2) is 0 Å². The summed E-state index contributed by atoms with van der Waals surface area (Å²) < 4.78 is 32.1. The molecule has 1 aliphatic rings. The molecule has 9 nitrogen and oxygen atoms in total. The van der Waals surface area contributed by atoms with Gasteiger partial charge in [-0.25, -0.2) is 12.8 Å². The third kappa shape index (κ3) is 5.78. The van der Waals surface area contributed by atoms with E-state index in [4.69, 9.17) is 0 Å². The van der Waals surface area contributed by atoms with Crippen LogP contribution in [0, 0.1) is 5.92 Å². The maximum atomic E-state index is 13.1. The fraction of sp³-hybridized carbons (Fsp3) is 0.429. The zero-order valence-electron chi connectivity index (χ0n) is 17.8. The Hall–Kier alpha value is -2.63. The van der Waals surface area contributed by atoms with E-state index in [1.54, 1.807) is 38.2 Å². The molecule has 1 aliphatic heterocycles. The lowest BCUT2D eigenvalue weighted by atomic mass is 9.99. The van der Waals surface area contributed by atoms with Crippen LogP contribution in [0.5, 0.6) is 0 Å². The number of benzene rings is 1. The summed E-state index contributed by atoms with van der Waals surface area (Å²) in [6, 6.07) is 5.46. The van der Waals surface area contributed by atoms with Crippen molar-refractivity contribution in [1.29, 1.82) is 0 Å². The minimum absolute atomic E-state index is 0.0295. The zero-order valence-corrected chi connectivity index (χ0v) is 19.5. The summed E-state index contributed by atoms with van der Waals surface area (Å²) in [6.45, 7) is 3.73. The van der Waals surface area contributed by atoms with Crippen molar-refractivity contribution in [3.8, 4) is 0 Å². The van der Waals surface area contributed by atoms with Crippen molar-refractivity contribution in [1.82, 2.24) is 19.7 Å². The third-order valence-corrected chi connectivity index (χ3v) is 7.49. The molecule has 3 N–H and O–H groups in total. The molecule has 0 aliphatic carbocycles. The second kappa shape index (κ2) is 10.3. The predicted molar refractivity (Wildman–Crippen MR) is 119 cm³/mol. The molecular weight excluding hydrogens is 452 g/mol. The van der Waals surface area contributed by atoms with Gasteiger partial charge in [0, 0.05) is 24.0 Å². The maximum Gasteiger partial charge on any atom is 0.289 e. The number of sulfonamides is 1. The van der Waals surface area contributed by atoms with Crippen LogP contribution in [0.25, 0.3) is 0 Å². The minimum atomic E-state index is -3.96. The van der Waals surface area contributed by atoms with Crippen LogP contribution in [0.1, 0.15) is 30.7 Å². The average molecular weight is 479 g/mol. The van der Waals surface area contributed by atoms with Crippen molar-refractivity contribution < 1.29 is 22.8 Å². The number of rotatable bonds is 6. The molecule has 11 heteroatoms. The van der Waals surface area contributed by atoms with Crippen LogP contribution in [0.4, 0.5) is 0 Å². The molecule has 2 unspecified atom stereocenters. The maximum absolute atomic E-state index is 13.1. The van der Waals surface area contributed by atoms with Gasteiger partial charge in [0.2, 0.25) is 21.7 Å². The Bertz CT molecular complexity index is 1080. The van der Waals surface area contributed by atoms with Gasteiger partial charge in [-0.05, 0) is 48.0 Å². The molecule has 0 bridgehead atoms. The average Bonchev–Trinajstić information content (AvgIpc) is 3.20. The summed E-state index contributed by atoms with van der Waals surface area (Å²) in [5.74, 6) is -2.62. The first-order chi connectivity index (χ1) is 15.2. The number of carbonyl (C=O) groups is 3. The molecule has 0 spiro atoms. The highest BCUT2D eigenvalue weighted by Crippen LogP contribution is 2.19. The number of hydrogen-bond acceptors (Lipinski definition) is 7. The SMILES string of the molecule is CC(C)C(NS(=O)(=O)c1ccccc1)C(=O)NC1Cc2sncc2CCCNC(=O)C1=O. The van der Waals surface area contributed by atoms with E-state index in [1.807, 2.05) is 0 Å². The van der Waals surface area contributed by atoms with E-state index in [0.717, 1.165) is 10.4 Å². The molecule has 0 saturated heterocycles. The van der Waals surface area contributed by atoms with Crippen LogP contribution in [0.2, 0.25) is 0 Å². The number of aryl methyl sites for hydroxylation is 1. The second-order valence-corrected chi connectivity index (χ2v) is 10.5. The summed E-state index contributed by atoms with van der Waals surface area (Å²) in [5.41, 5.74) is 0.975. The van der Waals surface area contributed by atoms with Gasteiger partial charge in [0.25, 0.3) is 5.91 Å². The molecule has 2 heterocycles. The highest BCUT2D eigenvalue weighted by Gasteiger charge is 2.34. The lowest BCUT2D eigenvalue weighted by molar-refractivity contribution is -0.140. The van der Waals surface area contributed by atoms with E-state index >= 15 is 0 Å².